The van der Waals surface area contributed by atoms with Crippen LogP contribution < -0.4 is 0 Å². The van der Waals surface area contributed by atoms with Crippen molar-refractivity contribution in [2.75, 3.05) is 0 Å². The van der Waals surface area contributed by atoms with Crippen LogP contribution in [0.5, 0.6) is 5.75 Å². The first kappa shape index (κ1) is 13.1. The van der Waals surface area contributed by atoms with E-state index >= 15 is 0 Å². The molecular formula is C10H11FINO3. The highest BCUT2D eigenvalue weighted by Gasteiger charge is 2.28. The molecule has 1 rings (SSSR count). The molecule has 6 heteroatoms. The summed E-state index contributed by atoms with van der Waals surface area (Å²) in [6.45, 7) is 5.37. The predicted octanol–water partition coefficient (Wildman–Crippen LogP) is 3.34. The Bertz CT molecular complexity index is 454. The third kappa shape index (κ3) is 2.26. The Morgan fingerprint density at radius 1 is 1.50 bits per heavy atom. The minimum absolute atomic E-state index is 0.114. The number of hydrogen-bond donors (Lipinski definition) is 1. The van der Waals surface area contributed by atoms with E-state index in [1.54, 1.807) is 43.4 Å². The number of phenolic OH excluding ortho intramolecular Hbond substituents is 1. The van der Waals surface area contributed by atoms with E-state index in [0.29, 0.717) is 5.56 Å². The molecule has 0 aliphatic carbocycles. The number of hydrogen-bond acceptors (Lipinski definition) is 3. The predicted molar refractivity (Wildman–Crippen MR) is 66.1 cm³/mol. The number of aromatic hydroxyl groups is 1. The van der Waals surface area contributed by atoms with Crippen molar-refractivity contribution in [3.63, 3.8) is 0 Å². The number of nitrogens with zero attached hydrogens (tertiary/aromatic N) is 1. The Balaban J connectivity index is 3.61. The lowest BCUT2D eigenvalue weighted by Crippen LogP contribution is -2.13. The molecule has 0 aliphatic heterocycles. The summed E-state index contributed by atoms with van der Waals surface area (Å²) in [4.78, 5) is 9.86. The molecule has 0 unspecified atom stereocenters. The molecule has 0 saturated heterocycles. The average molecular weight is 339 g/mol. The molecule has 0 saturated carbocycles. The van der Waals surface area contributed by atoms with Gasteiger partial charge in [-0.25, -0.2) is 0 Å². The Labute approximate surface area is 106 Å². The maximum Gasteiger partial charge on any atom is 0.306 e. The van der Waals surface area contributed by atoms with Crippen molar-refractivity contribution in [3.05, 3.63) is 31.1 Å². The second-order valence-corrected chi connectivity index (χ2v) is 5.51. The van der Waals surface area contributed by atoms with E-state index in [1.807, 2.05) is 0 Å². The second-order valence-electron chi connectivity index (χ2n) is 4.43. The first-order valence-corrected chi connectivity index (χ1v) is 5.60. The van der Waals surface area contributed by atoms with Crippen molar-refractivity contribution in [1.82, 2.24) is 0 Å². The molecule has 16 heavy (non-hydrogen) atoms. The molecular weight excluding hydrogens is 328 g/mol. The maximum atomic E-state index is 13.5. The molecule has 0 fully saturated rings. The summed E-state index contributed by atoms with van der Waals surface area (Å²) < 4.78 is 13.4. The molecule has 88 valence electrons. The van der Waals surface area contributed by atoms with Gasteiger partial charge >= 0.3 is 5.69 Å². The van der Waals surface area contributed by atoms with E-state index in [1.165, 1.54) is 0 Å². The van der Waals surface area contributed by atoms with Crippen molar-refractivity contribution in [2.24, 2.45) is 0 Å². The van der Waals surface area contributed by atoms with Crippen LogP contribution in [0.2, 0.25) is 0 Å². The van der Waals surface area contributed by atoms with Gasteiger partial charge in [0.15, 0.2) is 0 Å². The molecule has 0 spiro atoms. The van der Waals surface area contributed by atoms with Crippen LogP contribution in [0.4, 0.5) is 10.1 Å². The van der Waals surface area contributed by atoms with Gasteiger partial charge in [-0.05, 0) is 28.0 Å². The van der Waals surface area contributed by atoms with E-state index in [0.717, 1.165) is 6.07 Å². The lowest BCUT2D eigenvalue weighted by Gasteiger charge is -2.20. The van der Waals surface area contributed by atoms with Crippen molar-refractivity contribution in [1.29, 1.82) is 0 Å². The molecule has 1 aromatic carbocycles. The Morgan fingerprint density at radius 2 is 2.00 bits per heavy atom. The average Bonchev–Trinajstić information content (AvgIpc) is 2.11. The highest BCUT2D eigenvalue weighted by atomic mass is 127. The molecule has 4 nitrogen and oxygen atoms in total. The summed E-state index contributed by atoms with van der Waals surface area (Å²) in [5.41, 5.74) is -0.722. The molecule has 1 N–H and O–H groups in total. The van der Waals surface area contributed by atoms with E-state index in [4.69, 9.17) is 0 Å². The fourth-order valence-electron chi connectivity index (χ4n) is 1.31. The van der Waals surface area contributed by atoms with Crippen LogP contribution >= 0.6 is 22.6 Å². The summed E-state index contributed by atoms with van der Waals surface area (Å²) in [7, 11) is 0. The van der Waals surface area contributed by atoms with E-state index in [9.17, 15) is 19.6 Å². The van der Waals surface area contributed by atoms with Crippen molar-refractivity contribution < 1.29 is 14.4 Å². The quantitative estimate of drug-likeness (QED) is 0.485. The number of phenols is 1. The first-order chi connectivity index (χ1) is 7.16. The van der Waals surface area contributed by atoms with E-state index in [2.05, 4.69) is 0 Å². The zero-order valence-corrected chi connectivity index (χ0v) is 11.2. The number of benzene rings is 1. The van der Waals surface area contributed by atoms with Gasteiger partial charge in [0.1, 0.15) is 5.75 Å². The Morgan fingerprint density at radius 3 is 2.38 bits per heavy atom. The number of halogens is 2. The van der Waals surface area contributed by atoms with Gasteiger partial charge in [0.2, 0.25) is 5.82 Å². The summed E-state index contributed by atoms with van der Waals surface area (Å²) in [6.07, 6.45) is 0. The number of nitro groups is 1. The molecule has 1 aromatic rings. The summed E-state index contributed by atoms with van der Waals surface area (Å²) in [6, 6.07) is 1.09. The fourth-order valence-corrected chi connectivity index (χ4v) is 1.87. The van der Waals surface area contributed by atoms with Crippen LogP contribution in [0.3, 0.4) is 0 Å². The van der Waals surface area contributed by atoms with Crippen molar-refractivity contribution >= 4 is 28.3 Å². The zero-order valence-electron chi connectivity index (χ0n) is 9.04. The Kier molecular flexibility index (Phi) is 3.41. The summed E-state index contributed by atoms with van der Waals surface area (Å²) in [5.74, 6) is -1.22. The normalized spacial score (nSPS) is 11.6. The van der Waals surface area contributed by atoms with Crippen LogP contribution in [0.25, 0.3) is 0 Å². The maximum absolute atomic E-state index is 13.5. The van der Waals surface area contributed by atoms with Crippen LogP contribution in [0, 0.1) is 19.5 Å². The highest BCUT2D eigenvalue weighted by molar-refractivity contribution is 14.1. The van der Waals surface area contributed by atoms with Crippen LogP contribution in [0.1, 0.15) is 26.3 Å². The van der Waals surface area contributed by atoms with Crippen molar-refractivity contribution in [2.45, 2.75) is 26.2 Å². The van der Waals surface area contributed by atoms with Crippen LogP contribution in [0.15, 0.2) is 6.07 Å². The SMILES string of the molecule is CC(C)(C)c1cc([N+](=O)[O-])c(F)c(I)c1O. The minimum atomic E-state index is -0.990. The highest BCUT2D eigenvalue weighted by Crippen LogP contribution is 2.39. The largest absolute Gasteiger partial charge is 0.506 e. The topological polar surface area (TPSA) is 63.4 Å². The summed E-state index contributed by atoms with van der Waals surface area (Å²) >= 11 is 1.56. The molecule has 0 heterocycles. The zero-order chi connectivity index (χ0) is 12.7. The van der Waals surface area contributed by atoms with Crippen LogP contribution in [-0.2, 0) is 5.41 Å². The minimum Gasteiger partial charge on any atom is -0.506 e. The fraction of sp³-hybridized carbons (Fsp3) is 0.400. The number of rotatable bonds is 1. The van der Waals surface area contributed by atoms with Gasteiger partial charge in [0.25, 0.3) is 0 Å². The molecule has 0 atom stereocenters. The van der Waals surface area contributed by atoms with E-state index < -0.39 is 21.8 Å². The van der Waals surface area contributed by atoms with Gasteiger partial charge in [-0.15, -0.1) is 0 Å². The molecule has 0 radical (unpaired) electrons. The smallest absolute Gasteiger partial charge is 0.306 e. The third-order valence-electron chi connectivity index (χ3n) is 2.17. The first-order valence-electron chi connectivity index (χ1n) is 4.52. The molecule has 0 aliphatic rings. The molecule has 0 bridgehead atoms. The molecule has 0 aromatic heterocycles. The second kappa shape index (κ2) is 4.15. The Hall–Kier alpha value is -0.920. The number of nitro benzene ring substituents is 1. The standard InChI is InChI=1S/C10H11FINO3/c1-10(2,3)5-4-6(13(15)16)7(11)8(12)9(5)14/h4,14H,1-3H3. The monoisotopic (exact) mass is 339 g/mol. The third-order valence-corrected chi connectivity index (χ3v) is 3.15. The molecule has 0 amide bonds. The van der Waals surface area contributed by atoms with Gasteiger partial charge in [-0.3, -0.25) is 10.1 Å². The van der Waals surface area contributed by atoms with Gasteiger partial charge in [0.05, 0.1) is 8.49 Å². The van der Waals surface area contributed by atoms with Gasteiger partial charge in [-0.2, -0.15) is 4.39 Å². The van der Waals surface area contributed by atoms with E-state index in [-0.39, 0.29) is 9.32 Å². The summed E-state index contributed by atoms with van der Waals surface area (Å²) in [5, 5.41) is 20.4. The van der Waals surface area contributed by atoms with Gasteiger partial charge in [0, 0.05) is 11.6 Å². The van der Waals surface area contributed by atoms with Crippen LogP contribution in [-0.4, -0.2) is 10.0 Å². The lowest BCUT2D eigenvalue weighted by atomic mass is 9.86. The van der Waals surface area contributed by atoms with Gasteiger partial charge in [-0.1, -0.05) is 20.8 Å². The van der Waals surface area contributed by atoms with Gasteiger partial charge < -0.3 is 5.11 Å². The lowest BCUT2D eigenvalue weighted by molar-refractivity contribution is -0.387. The van der Waals surface area contributed by atoms with Crippen molar-refractivity contribution in [3.8, 4) is 5.75 Å².